The van der Waals surface area contributed by atoms with Crippen LogP contribution in [0.25, 0.3) is 0 Å². The average molecular weight is 330 g/mol. The van der Waals surface area contributed by atoms with Gasteiger partial charge >= 0.3 is 0 Å². The maximum atomic E-state index is 13.0. The standard InChI is InChI=1S/C14H11BrClFO/c1-8-2-3-9(6-13(8)16)14(18)11-5-4-10(17)7-12(11)15/h2-7,14,18H,1H3. The summed E-state index contributed by atoms with van der Waals surface area (Å²) in [5, 5.41) is 10.9. The van der Waals surface area contributed by atoms with E-state index in [1.807, 2.05) is 19.1 Å². The van der Waals surface area contributed by atoms with E-state index in [2.05, 4.69) is 15.9 Å². The third-order valence-corrected chi connectivity index (χ3v) is 3.86. The Morgan fingerprint density at radius 1 is 1.22 bits per heavy atom. The molecule has 1 unspecified atom stereocenters. The first-order chi connectivity index (χ1) is 8.49. The maximum absolute atomic E-state index is 13.0. The maximum Gasteiger partial charge on any atom is 0.124 e. The summed E-state index contributed by atoms with van der Waals surface area (Å²) in [6.45, 7) is 1.90. The Hall–Kier alpha value is -0.900. The van der Waals surface area contributed by atoms with Gasteiger partial charge in [0.15, 0.2) is 0 Å². The summed E-state index contributed by atoms with van der Waals surface area (Å²) in [6.07, 6.45) is -0.835. The molecule has 4 heteroatoms. The molecule has 2 rings (SSSR count). The van der Waals surface area contributed by atoms with Gasteiger partial charge in [0.2, 0.25) is 0 Å². The number of hydrogen-bond donors (Lipinski definition) is 1. The lowest BCUT2D eigenvalue weighted by molar-refractivity contribution is 0.219. The van der Waals surface area contributed by atoms with Gasteiger partial charge in [-0.15, -0.1) is 0 Å². The third kappa shape index (κ3) is 2.74. The summed E-state index contributed by atoms with van der Waals surface area (Å²) >= 11 is 9.27. The topological polar surface area (TPSA) is 20.2 Å². The first-order valence-electron chi connectivity index (χ1n) is 5.38. The highest BCUT2D eigenvalue weighted by Gasteiger charge is 2.15. The predicted molar refractivity (Wildman–Crippen MR) is 74.4 cm³/mol. The quantitative estimate of drug-likeness (QED) is 0.851. The van der Waals surface area contributed by atoms with Gasteiger partial charge in [0.05, 0.1) is 0 Å². The Morgan fingerprint density at radius 3 is 2.56 bits per heavy atom. The largest absolute Gasteiger partial charge is 0.384 e. The molecular weight excluding hydrogens is 319 g/mol. The lowest BCUT2D eigenvalue weighted by Gasteiger charge is -2.14. The van der Waals surface area contributed by atoms with Crippen molar-refractivity contribution >= 4 is 27.5 Å². The Kier molecular flexibility index (Phi) is 4.05. The zero-order valence-electron chi connectivity index (χ0n) is 9.62. The molecule has 0 saturated heterocycles. The molecule has 0 aromatic heterocycles. The number of benzene rings is 2. The van der Waals surface area contributed by atoms with E-state index in [1.165, 1.54) is 12.1 Å². The lowest BCUT2D eigenvalue weighted by atomic mass is 10.0. The number of halogens is 3. The summed E-state index contributed by atoms with van der Waals surface area (Å²) in [5.74, 6) is -0.347. The Morgan fingerprint density at radius 2 is 1.94 bits per heavy atom. The van der Waals surface area contributed by atoms with E-state index >= 15 is 0 Å². The van der Waals surface area contributed by atoms with Crippen LogP contribution < -0.4 is 0 Å². The Labute approximate surface area is 118 Å². The first-order valence-corrected chi connectivity index (χ1v) is 6.55. The monoisotopic (exact) mass is 328 g/mol. The summed E-state index contributed by atoms with van der Waals surface area (Å²) < 4.78 is 13.5. The minimum Gasteiger partial charge on any atom is -0.384 e. The van der Waals surface area contributed by atoms with Gasteiger partial charge in [-0.1, -0.05) is 45.7 Å². The number of aliphatic hydroxyl groups excluding tert-OH is 1. The van der Waals surface area contributed by atoms with E-state index in [9.17, 15) is 9.50 Å². The van der Waals surface area contributed by atoms with Crippen molar-refractivity contribution in [1.29, 1.82) is 0 Å². The predicted octanol–water partition coefficient (Wildman–Crippen LogP) is 4.63. The summed E-state index contributed by atoms with van der Waals surface area (Å²) in [4.78, 5) is 0. The van der Waals surface area contributed by atoms with Crippen molar-refractivity contribution in [3.63, 3.8) is 0 Å². The van der Waals surface area contributed by atoms with E-state index in [0.29, 0.717) is 20.6 Å². The van der Waals surface area contributed by atoms with Gasteiger partial charge in [0.25, 0.3) is 0 Å². The number of rotatable bonds is 2. The van der Waals surface area contributed by atoms with Gasteiger partial charge in [-0.3, -0.25) is 0 Å². The first kappa shape index (κ1) is 13.5. The zero-order chi connectivity index (χ0) is 13.3. The SMILES string of the molecule is Cc1ccc(C(O)c2ccc(F)cc2Br)cc1Cl. The minimum absolute atomic E-state index is 0.347. The molecule has 0 aliphatic carbocycles. The fourth-order valence-corrected chi connectivity index (χ4v) is 2.44. The molecule has 2 aromatic carbocycles. The van der Waals surface area contributed by atoms with Crippen LogP contribution in [0.4, 0.5) is 4.39 Å². The summed E-state index contributed by atoms with van der Waals surface area (Å²) in [7, 11) is 0. The van der Waals surface area contributed by atoms with Crippen LogP contribution in [0.15, 0.2) is 40.9 Å². The molecule has 0 radical (unpaired) electrons. The smallest absolute Gasteiger partial charge is 0.124 e. The fraction of sp³-hybridized carbons (Fsp3) is 0.143. The van der Waals surface area contributed by atoms with Crippen LogP contribution in [-0.4, -0.2) is 5.11 Å². The van der Waals surface area contributed by atoms with Crippen molar-refractivity contribution in [2.75, 3.05) is 0 Å². The van der Waals surface area contributed by atoms with Crippen LogP contribution >= 0.6 is 27.5 Å². The molecule has 0 aliphatic heterocycles. The number of hydrogen-bond acceptors (Lipinski definition) is 1. The highest BCUT2D eigenvalue weighted by molar-refractivity contribution is 9.10. The number of aliphatic hydroxyl groups is 1. The molecule has 2 aromatic rings. The molecule has 0 saturated carbocycles. The van der Waals surface area contributed by atoms with Gasteiger partial charge in [-0.2, -0.15) is 0 Å². The molecule has 0 spiro atoms. The molecule has 1 N–H and O–H groups in total. The second kappa shape index (κ2) is 5.39. The van der Waals surface area contributed by atoms with Crippen LogP contribution in [0.5, 0.6) is 0 Å². The van der Waals surface area contributed by atoms with E-state index in [-0.39, 0.29) is 5.82 Å². The van der Waals surface area contributed by atoms with E-state index in [1.54, 1.807) is 12.1 Å². The fourth-order valence-electron chi connectivity index (χ4n) is 1.68. The van der Waals surface area contributed by atoms with Crippen molar-refractivity contribution in [2.45, 2.75) is 13.0 Å². The highest BCUT2D eigenvalue weighted by Crippen LogP contribution is 2.31. The van der Waals surface area contributed by atoms with E-state index in [4.69, 9.17) is 11.6 Å². The van der Waals surface area contributed by atoms with Gasteiger partial charge in [-0.25, -0.2) is 4.39 Å². The van der Waals surface area contributed by atoms with Crippen LogP contribution in [0.2, 0.25) is 5.02 Å². The van der Waals surface area contributed by atoms with Crippen LogP contribution in [0, 0.1) is 12.7 Å². The van der Waals surface area contributed by atoms with Crippen molar-refractivity contribution in [3.8, 4) is 0 Å². The molecule has 1 nitrogen and oxygen atoms in total. The number of aryl methyl sites for hydroxylation is 1. The lowest BCUT2D eigenvalue weighted by Crippen LogP contribution is -2.01. The third-order valence-electron chi connectivity index (χ3n) is 2.77. The molecule has 94 valence electrons. The van der Waals surface area contributed by atoms with Crippen LogP contribution in [0.1, 0.15) is 22.8 Å². The van der Waals surface area contributed by atoms with Crippen LogP contribution in [-0.2, 0) is 0 Å². The summed E-state index contributed by atoms with van der Waals surface area (Å²) in [5.41, 5.74) is 2.24. The van der Waals surface area contributed by atoms with Crippen LogP contribution in [0.3, 0.4) is 0 Å². The average Bonchev–Trinajstić information content (AvgIpc) is 2.32. The Bertz CT molecular complexity index is 586. The second-order valence-corrected chi connectivity index (χ2v) is 5.34. The minimum atomic E-state index is -0.835. The van der Waals surface area contributed by atoms with Gasteiger partial charge in [-0.05, 0) is 41.8 Å². The van der Waals surface area contributed by atoms with Crippen molar-refractivity contribution in [1.82, 2.24) is 0 Å². The molecule has 0 fully saturated rings. The summed E-state index contributed by atoms with van der Waals surface area (Å²) in [6, 6.07) is 9.57. The van der Waals surface area contributed by atoms with Crippen molar-refractivity contribution in [2.24, 2.45) is 0 Å². The van der Waals surface area contributed by atoms with Crippen molar-refractivity contribution < 1.29 is 9.50 Å². The molecule has 1 atom stereocenters. The van der Waals surface area contributed by atoms with Gasteiger partial charge in [0.1, 0.15) is 11.9 Å². The van der Waals surface area contributed by atoms with Gasteiger partial charge in [0, 0.05) is 9.50 Å². The normalized spacial score (nSPS) is 12.5. The molecule has 18 heavy (non-hydrogen) atoms. The Balaban J connectivity index is 2.41. The van der Waals surface area contributed by atoms with Crippen molar-refractivity contribution in [3.05, 3.63) is 68.4 Å². The highest BCUT2D eigenvalue weighted by atomic mass is 79.9. The zero-order valence-corrected chi connectivity index (χ0v) is 12.0. The van der Waals surface area contributed by atoms with Gasteiger partial charge < -0.3 is 5.11 Å². The second-order valence-electron chi connectivity index (χ2n) is 4.08. The van der Waals surface area contributed by atoms with E-state index < -0.39 is 6.10 Å². The molecule has 0 heterocycles. The molecule has 0 aliphatic rings. The molecule has 0 amide bonds. The molecule has 0 bridgehead atoms. The molecular formula is C14H11BrClFO. The van der Waals surface area contributed by atoms with E-state index in [0.717, 1.165) is 5.56 Å².